The summed E-state index contributed by atoms with van der Waals surface area (Å²) in [6.45, 7) is 3.31. The van der Waals surface area contributed by atoms with Crippen molar-refractivity contribution in [3.63, 3.8) is 0 Å². The minimum absolute atomic E-state index is 0. The van der Waals surface area contributed by atoms with E-state index in [-0.39, 0.29) is 151 Å². The summed E-state index contributed by atoms with van der Waals surface area (Å²) in [6.07, 6.45) is 13.2. The number of benzene rings is 6. The van der Waals surface area contributed by atoms with Crippen molar-refractivity contribution >= 4 is 91.6 Å². The van der Waals surface area contributed by atoms with Crippen molar-refractivity contribution in [1.82, 2.24) is 44.6 Å². The summed E-state index contributed by atoms with van der Waals surface area (Å²) in [5, 5.41) is 8.96. The SMILES string of the molecule is C.C.CN1CCC[C@H]1c1nc2ccc(C(=O)O)cc2[nH]1.CN1CCC[C@H]1c1nc2ccc([C-]=Nc3[c-]c[c-]c(N=[C-]c4ccc5nc([C@@H]6CCCN6C)[nH]c5c4)c3)cc2[nH]1.COC(=O)c1ccc(N)c(N)c1.Nc1[c-]c[c-]c(N)c1.[Y].[Y].[Y].[Y]. The molecule has 6 heterocycles. The van der Waals surface area contributed by atoms with E-state index in [0.29, 0.717) is 57.8 Å². The maximum atomic E-state index is 11.0. The molecule has 4 radical (unpaired) electrons. The number of hydrogen-bond acceptors (Lipinski definition) is 15. The normalized spacial score (nSPS) is 16.5. The van der Waals surface area contributed by atoms with Crippen LogP contribution in [0, 0.1) is 24.3 Å². The predicted octanol–water partition coefficient (Wildman–Crippen LogP) is 10.2. The maximum Gasteiger partial charge on any atom is 0.337 e. The molecular weight excluding hydrogens is 1360 g/mol. The molecule has 3 atom stereocenters. The summed E-state index contributed by atoms with van der Waals surface area (Å²) in [4.78, 5) is 62.3. The molecule has 0 unspecified atom stereocenters. The summed E-state index contributed by atoms with van der Waals surface area (Å²) >= 11 is 0. The Kier molecular flexibility index (Phi) is 30.5. The van der Waals surface area contributed by atoms with Gasteiger partial charge in [-0.1, -0.05) is 27.0 Å². The molecule has 0 aliphatic carbocycles. The van der Waals surface area contributed by atoms with Crippen LogP contribution in [-0.2, 0) is 136 Å². The minimum atomic E-state index is -0.911. The number of nitrogen functional groups attached to an aromatic ring is 4. The number of esters is 1. The fraction of sp³-hybridized carbons (Fsp3) is 0.295. The van der Waals surface area contributed by atoms with E-state index in [4.69, 9.17) is 38.0 Å². The van der Waals surface area contributed by atoms with Gasteiger partial charge in [0, 0.05) is 142 Å². The number of nitrogens with one attached hydrogen (secondary N) is 3. The number of nitrogens with two attached hydrogens (primary N) is 4. The van der Waals surface area contributed by atoms with E-state index in [0.717, 1.165) is 101 Å². The van der Waals surface area contributed by atoms with Crippen molar-refractivity contribution in [3.05, 3.63) is 161 Å². The van der Waals surface area contributed by atoms with Gasteiger partial charge >= 0.3 is 11.9 Å². The number of H-pyrrole nitrogens is 3. The maximum absolute atomic E-state index is 11.0. The molecule has 84 heavy (non-hydrogen) atoms. The Hall–Kier alpha value is -4.49. The van der Waals surface area contributed by atoms with Crippen LogP contribution in [0.1, 0.15) is 121 Å². The van der Waals surface area contributed by atoms with Gasteiger partial charge in [0.1, 0.15) is 17.5 Å². The number of likely N-dealkylation sites (tertiary alicyclic amines) is 3. The number of carboxylic acids is 1. The number of hydrogen-bond donors (Lipinski definition) is 8. The van der Waals surface area contributed by atoms with Crippen molar-refractivity contribution in [2.24, 2.45) is 9.98 Å². The number of aromatic amines is 3. The van der Waals surface area contributed by atoms with E-state index < -0.39 is 11.9 Å². The molecule has 3 aliphatic rings. The third-order valence-electron chi connectivity index (χ3n) is 13.9. The molecule has 3 saturated heterocycles. The number of rotatable bonds is 9. The van der Waals surface area contributed by atoms with Crippen LogP contribution in [0.4, 0.5) is 34.1 Å². The first-order chi connectivity index (χ1) is 37.7. The van der Waals surface area contributed by atoms with Crippen molar-refractivity contribution in [2.45, 2.75) is 71.5 Å². The van der Waals surface area contributed by atoms with Crippen molar-refractivity contribution in [1.29, 1.82) is 0 Å². The van der Waals surface area contributed by atoms with Crippen LogP contribution in [0.3, 0.4) is 0 Å². The van der Waals surface area contributed by atoms with Gasteiger partial charge in [0.15, 0.2) is 0 Å². The van der Waals surface area contributed by atoms with Gasteiger partial charge in [-0.05, 0) is 128 Å². The van der Waals surface area contributed by atoms with Gasteiger partial charge in [0.2, 0.25) is 0 Å². The summed E-state index contributed by atoms with van der Waals surface area (Å²) in [5.74, 6) is 1.67. The molecule has 23 heteroatoms. The molecular formula is C61H69N15O4Y4-6. The largest absolute Gasteiger partial charge is 0.478 e. The third kappa shape index (κ3) is 19.3. The molecule has 0 spiro atoms. The molecule has 9 aromatic rings. The van der Waals surface area contributed by atoms with E-state index >= 15 is 0 Å². The van der Waals surface area contributed by atoms with Crippen LogP contribution < -0.4 is 22.9 Å². The van der Waals surface area contributed by atoms with Gasteiger partial charge in [0.05, 0.1) is 69.8 Å². The number of aliphatic imine (C=N–C) groups is 2. The van der Waals surface area contributed by atoms with E-state index in [1.54, 1.807) is 48.5 Å². The number of anilines is 4. The Morgan fingerprint density at radius 2 is 0.964 bits per heavy atom. The number of carbonyl (C=O) groups is 2. The molecule has 0 amide bonds. The molecule has 19 nitrogen and oxygen atoms in total. The first-order valence-electron chi connectivity index (χ1n) is 25.6. The van der Waals surface area contributed by atoms with Crippen molar-refractivity contribution in [2.75, 3.05) is 70.8 Å². The second-order valence-electron chi connectivity index (χ2n) is 19.4. The predicted molar refractivity (Wildman–Crippen MR) is 319 cm³/mol. The van der Waals surface area contributed by atoms with E-state index in [1.165, 1.54) is 32.4 Å². The van der Waals surface area contributed by atoms with Crippen molar-refractivity contribution < 1.29 is 150 Å². The molecule has 3 fully saturated rings. The van der Waals surface area contributed by atoms with Crippen LogP contribution in [-0.4, -0.2) is 122 Å². The van der Waals surface area contributed by atoms with Gasteiger partial charge in [-0.15, -0.1) is 35.4 Å². The monoisotopic (exact) mass is 1430 g/mol. The smallest absolute Gasteiger partial charge is 0.337 e. The number of carbonyl (C=O) groups excluding carboxylic acids is 1. The number of fused-ring (bicyclic) bond motifs is 3. The molecule has 12 N–H and O–H groups in total. The molecule has 12 rings (SSSR count). The Morgan fingerprint density at radius 3 is 1.33 bits per heavy atom. The van der Waals surface area contributed by atoms with Gasteiger partial charge in [0.25, 0.3) is 0 Å². The number of imidazole rings is 3. The molecule has 6 aromatic carbocycles. The number of methoxy groups -OCH3 is 1. The summed E-state index contributed by atoms with van der Waals surface area (Å²) < 4.78 is 4.50. The fourth-order valence-electron chi connectivity index (χ4n) is 9.65. The van der Waals surface area contributed by atoms with Crippen LogP contribution in [0.2, 0.25) is 0 Å². The Balaban J connectivity index is 0.000000348. The Morgan fingerprint density at radius 1 is 0.560 bits per heavy atom. The zero-order chi connectivity index (χ0) is 54.9. The van der Waals surface area contributed by atoms with Crippen LogP contribution in [0.15, 0.2) is 107 Å². The second kappa shape index (κ2) is 34.7. The number of aromatic carboxylic acids is 1. The van der Waals surface area contributed by atoms with E-state index in [9.17, 15) is 9.59 Å². The van der Waals surface area contributed by atoms with Crippen molar-refractivity contribution in [3.8, 4) is 0 Å². The fourth-order valence-corrected chi connectivity index (χ4v) is 9.65. The molecule has 3 aliphatic heterocycles. The second-order valence-corrected chi connectivity index (χ2v) is 19.4. The number of aromatic nitrogens is 6. The average molecular weight is 1430 g/mol. The third-order valence-corrected chi connectivity index (χ3v) is 13.9. The summed E-state index contributed by atoms with van der Waals surface area (Å²) in [7, 11) is 7.72. The number of ether oxygens (including phenoxy) is 1. The summed E-state index contributed by atoms with van der Waals surface area (Å²) in [5.41, 5.74) is 32.7. The first kappa shape index (κ1) is 73.8. The minimum Gasteiger partial charge on any atom is -0.478 e. The topological polar surface area (TPSA) is 288 Å². The van der Waals surface area contributed by atoms with E-state index in [1.807, 2.05) is 42.5 Å². The first-order valence-corrected chi connectivity index (χ1v) is 25.6. The standard InChI is InChI=1S/C32H30N8.C13H15N3O2.C8H10N2O2.C6H6N2.2CH4.4Y/c1-39-14-4-8-29(39)31-35-25-12-10-21(16-27(25)37-31)19-33-23-6-3-7-24(18-23)34-20-22-11-13-26-28(17-22)38-32(36-26)30-9-5-15-40(30)2;1-16-6-2-3-11(16)12-14-9-5-4-8(13(17)18)7-10(9)15-12;1-12-8(11)5-2-3-6(9)7(10)4-5;7-5-2-1-3-6(8)4-5;;;;;;/h3,10-13,16-18,29-30H,4-5,8-9,14-15H2,1-2H3,(H,35,37)(H,36,38);4-5,7,11H,2-3,6H2,1H3,(H,14,15)(H,17,18);2-4H,9-10H2,1H3;1,4H,7-8H2;2*1H4;;;;/q-4;;;-2;;;;;;/t29-,30-;11-;;;;;;;;/m00......../s1. The zero-order valence-corrected chi connectivity index (χ0v) is 57.6. The molecule has 0 saturated carbocycles. The van der Waals surface area contributed by atoms with Gasteiger partial charge in [-0.3, -0.25) is 26.1 Å². The molecule has 430 valence electrons. The Labute approximate surface area is 592 Å². The average Bonchev–Trinajstić information content (AvgIpc) is 4.38. The quantitative estimate of drug-likeness (QED) is 0.0289. The summed E-state index contributed by atoms with van der Waals surface area (Å²) in [6, 6.07) is 41.1. The van der Waals surface area contributed by atoms with Gasteiger partial charge in [-0.2, -0.15) is 0 Å². The molecule has 0 bridgehead atoms. The van der Waals surface area contributed by atoms with Gasteiger partial charge < -0.3 is 100 Å². The molecule has 3 aromatic heterocycles. The number of nitrogens with zero attached hydrogens (tertiary/aromatic N) is 8. The zero-order valence-electron chi connectivity index (χ0n) is 46.2. The Bertz CT molecular complexity index is 3500. The van der Waals surface area contributed by atoms with Crippen LogP contribution >= 0.6 is 0 Å². The van der Waals surface area contributed by atoms with Crippen LogP contribution in [0.25, 0.3) is 33.1 Å². The van der Waals surface area contributed by atoms with Gasteiger partial charge in [-0.25, -0.2) is 42.0 Å². The number of carboxylic acid groups (broad SMARTS) is 1. The van der Waals surface area contributed by atoms with Crippen LogP contribution in [0.5, 0.6) is 0 Å². The van der Waals surface area contributed by atoms with E-state index in [2.05, 4.69) is 107 Å².